The molecule has 0 spiro atoms. The Balaban J connectivity index is 1.71. The van der Waals surface area contributed by atoms with Crippen LogP contribution in [0, 0.1) is 5.82 Å². The maximum Gasteiger partial charge on any atom is 0.256 e. The van der Waals surface area contributed by atoms with Crippen LogP contribution in [-0.2, 0) is 22.3 Å². The van der Waals surface area contributed by atoms with E-state index in [2.05, 4.69) is 10.4 Å². The minimum Gasteiger partial charge on any atom is -0.497 e. The van der Waals surface area contributed by atoms with E-state index < -0.39 is 10.8 Å². The molecule has 0 saturated heterocycles. The third-order valence-electron chi connectivity index (χ3n) is 4.33. The van der Waals surface area contributed by atoms with Crippen molar-refractivity contribution in [2.45, 2.75) is 11.5 Å². The molecule has 8 heteroatoms. The zero-order valence-electron chi connectivity index (χ0n) is 14.4. The van der Waals surface area contributed by atoms with Gasteiger partial charge >= 0.3 is 0 Å². The predicted molar refractivity (Wildman–Crippen MR) is 100 cm³/mol. The number of methoxy groups -OCH3 is 1. The zero-order valence-corrected chi connectivity index (χ0v) is 15.3. The largest absolute Gasteiger partial charge is 0.497 e. The van der Waals surface area contributed by atoms with E-state index in [1.807, 2.05) is 0 Å². The minimum atomic E-state index is -1.03. The van der Waals surface area contributed by atoms with Crippen molar-refractivity contribution in [3.8, 4) is 11.4 Å². The van der Waals surface area contributed by atoms with Gasteiger partial charge in [0.05, 0.1) is 30.0 Å². The fourth-order valence-electron chi connectivity index (χ4n) is 2.95. The van der Waals surface area contributed by atoms with Gasteiger partial charge in [0, 0.05) is 21.9 Å². The van der Waals surface area contributed by atoms with E-state index in [0.717, 1.165) is 5.56 Å². The maximum atomic E-state index is 13.3. The lowest BCUT2D eigenvalue weighted by atomic mass is 10.2. The molecule has 6 nitrogen and oxygen atoms in total. The topological polar surface area (TPSA) is 73.2 Å². The third-order valence-corrected chi connectivity index (χ3v) is 5.53. The van der Waals surface area contributed by atoms with Gasteiger partial charge in [-0.05, 0) is 48.5 Å². The van der Waals surface area contributed by atoms with Crippen LogP contribution in [0.15, 0.2) is 48.5 Å². The van der Waals surface area contributed by atoms with Crippen molar-refractivity contribution in [1.82, 2.24) is 9.78 Å². The van der Waals surface area contributed by atoms with Gasteiger partial charge in [-0.1, -0.05) is 0 Å². The molecule has 0 fully saturated rings. The number of amides is 1. The number of rotatable bonds is 4. The summed E-state index contributed by atoms with van der Waals surface area (Å²) in [4.78, 5) is 12.7. The van der Waals surface area contributed by atoms with Gasteiger partial charge in [0.1, 0.15) is 17.4 Å². The van der Waals surface area contributed by atoms with Crippen molar-refractivity contribution in [2.75, 3.05) is 12.4 Å². The lowest BCUT2D eigenvalue weighted by Crippen LogP contribution is -2.16. The summed E-state index contributed by atoms with van der Waals surface area (Å²) in [7, 11) is 0.521. The van der Waals surface area contributed by atoms with Gasteiger partial charge in [0.25, 0.3) is 5.91 Å². The van der Waals surface area contributed by atoms with E-state index in [-0.39, 0.29) is 11.7 Å². The summed E-state index contributed by atoms with van der Waals surface area (Å²) in [6.45, 7) is 0. The summed E-state index contributed by atoms with van der Waals surface area (Å²) >= 11 is 0. The summed E-state index contributed by atoms with van der Waals surface area (Å²) in [6.07, 6.45) is 0. The van der Waals surface area contributed by atoms with Gasteiger partial charge in [-0.25, -0.2) is 9.07 Å². The first-order chi connectivity index (χ1) is 13.0. The monoisotopic (exact) mass is 385 g/mol. The highest BCUT2D eigenvalue weighted by Crippen LogP contribution is 2.31. The average molecular weight is 385 g/mol. The van der Waals surface area contributed by atoms with E-state index in [1.54, 1.807) is 48.2 Å². The van der Waals surface area contributed by atoms with Gasteiger partial charge in [0.2, 0.25) is 0 Å². The molecule has 1 aliphatic heterocycles. The molecule has 0 saturated carbocycles. The van der Waals surface area contributed by atoms with Gasteiger partial charge in [-0.15, -0.1) is 0 Å². The molecule has 27 heavy (non-hydrogen) atoms. The van der Waals surface area contributed by atoms with Crippen LogP contribution in [0.3, 0.4) is 0 Å². The Labute approximate surface area is 157 Å². The molecular weight excluding hydrogens is 369 g/mol. The third kappa shape index (κ3) is 3.35. The normalized spacial score (nSPS) is 15.4. The maximum absolute atomic E-state index is 13.3. The Morgan fingerprint density at radius 2 is 1.85 bits per heavy atom. The second-order valence-electron chi connectivity index (χ2n) is 6.07. The molecule has 1 aromatic heterocycles. The SMILES string of the molecule is COc1ccc(C(=O)Nc2c3c(nn2-c2ccc(F)cc2)C[S@@](=O)C3)cc1. The van der Waals surface area contributed by atoms with Crippen molar-refractivity contribution in [2.24, 2.45) is 0 Å². The minimum absolute atomic E-state index is 0.318. The number of carbonyl (C=O) groups is 1. The molecule has 4 rings (SSSR count). The fraction of sp³-hybridized carbons (Fsp3) is 0.158. The van der Waals surface area contributed by atoms with Crippen LogP contribution < -0.4 is 10.1 Å². The molecule has 2 heterocycles. The molecule has 0 aliphatic carbocycles. The molecule has 0 bridgehead atoms. The van der Waals surface area contributed by atoms with E-state index in [0.29, 0.717) is 40.0 Å². The molecule has 0 radical (unpaired) electrons. The Bertz CT molecular complexity index is 1030. The van der Waals surface area contributed by atoms with Crippen molar-refractivity contribution < 1.29 is 18.1 Å². The number of fused-ring (bicyclic) bond motifs is 1. The lowest BCUT2D eigenvalue weighted by molar-refractivity contribution is 0.102. The number of aromatic nitrogens is 2. The fourth-order valence-corrected chi connectivity index (χ4v) is 4.21. The smallest absolute Gasteiger partial charge is 0.256 e. The molecule has 3 aromatic rings. The quantitative estimate of drug-likeness (QED) is 0.749. The van der Waals surface area contributed by atoms with E-state index in [1.165, 1.54) is 12.1 Å². The predicted octanol–water partition coefficient (Wildman–Crippen LogP) is 3.03. The van der Waals surface area contributed by atoms with Gasteiger partial charge in [-0.2, -0.15) is 5.10 Å². The molecule has 1 amide bonds. The summed E-state index contributed by atoms with van der Waals surface area (Å²) in [5, 5.41) is 7.35. The number of nitrogens with zero attached hydrogens (tertiary/aromatic N) is 2. The van der Waals surface area contributed by atoms with Crippen LogP contribution in [0.25, 0.3) is 5.69 Å². The number of hydrogen-bond acceptors (Lipinski definition) is 4. The van der Waals surface area contributed by atoms with Crippen LogP contribution in [0.1, 0.15) is 21.6 Å². The highest BCUT2D eigenvalue weighted by Gasteiger charge is 2.28. The number of halogens is 1. The van der Waals surface area contributed by atoms with Gasteiger partial charge in [-0.3, -0.25) is 9.00 Å². The van der Waals surface area contributed by atoms with Gasteiger partial charge < -0.3 is 10.1 Å². The van der Waals surface area contributed by atoms with E-state index in [9.17, 15) is 13.4 Å². The molecule has 1 atom stereocenters. The standard InChI is InChI=1S/C19H16FN3O3S/c1-26-15-8-2-12(3-9-15)19(24)21-18-16-10-27(25)11-17(16)22-23(18)14-6-4-13(20)5-7-14/h2-9H,10-11H2,1H3,(H,21,24)/t27-/m0/s1. The zero-order chi connectivity index (χ0) is 19.0. The molecule has 0 unspecified atom stereocenters. The van der Waals surface area contributed by atoms with Crippen molar-refractivity contribution in [3.05, 3.63) is 71.2 Å². The molecule has 1 aliphatic rings. The van der Waals surface area contributed by atoms with Crippen molar-refractivity contribution >= 4 is 22.5 Å². The Morgan fingerprint density at radius 1 is 1.15 bits per heavy atom. The van der Waals surface area contributed by atoms with Crippen molar-refractivity contribution in [3.63, 3.8) is 0 Å². The number of hydrogen-bond donors (Lipinski definition) is 1. The van der Waals surface area contributed by atoms with Crippen LogP contribution in [0.5, 0.6) is 5.75 Å². The van der Waals surface area contributed by atoms with Crippen LogP contribution in [-0.4, -0.2) is 27.0 Å². The number of nitrogens with one attached hydrogen (secondary N) is 1. The number of anilines is 1. The van der Waals surface area contributed by atoms with Crippen LogP contribution in [0.2, 0.25) is 0 Å². The van der Waals surface area contributed by atoms with E-state index >= 15 is 0 Å². The first-order valence-electron chi connectivity index (χ1n) is 8.22. The van der Waals surface area contributed by atoms with Crippen LogP contribution in [0.4, 0.5) is 10.2 Å². The summed E-state index contributed by atoms with van der Waals surface area (Å²) in [5.74, 6) is 1.11. The first-order valence-corrected chi connectivity index (χ1v) is 9.71. The number of benzene rings is 2. The molecule has 138 valence electrons. The average Bonchev–Trinajstić information content (AvgIpc) is 3.19. The Hall–Kier alpha value is -3.00. The number of ether oxygens (including phenoxy) is 1. The molecule has 2 aromatic carbocycles. The summed E-state index contributed by atoms with van der Waals surface area (Å²) < 4.78 is 31.8. The van der Waals surface area contributed by atoms with Crippen LogP contribution >= 0.6 is 0 Å². The highest BCUT2D eigenvalue weighted by atomic mass is 32.2. The van der Waals surface area contributed by atoms with E-state index in [4.69, 9.17) is 4.74 Å². The van der Waals surface area contributed by atoms with Gasteiger partial charge in [0.15, 0.2) is 0 Å². The lowest BCUT2D eigenvalue weighted by Gasteiger charge is -2.11. The summed E-state index contributed by atoms with van der Waals surface area (Å²) in [5.41, 5.74) is 2.50. The second-order valence-corrected chi connectivity index (χ2v) is 7.53. The Morgan fingerprint density at radius 3 is 2.52 bits per heavy atom. The first kappa shape index (κ1) is 17.4. The Kier molecular flexibility index (Phi) is 4.49. The molecular formula is C19H16FN3O3S. The summed E-state index contributed by atoms with van der Waals surface area (Å²) in [6, 6.07) is 12.5. The second kappa shape index (κ2) is 6.96. The molecule has 1 N–H and O–H groups in total. The van der Waals surface area contributed by atoms with Crippen molar-refractivity contribution in [1.29, 1.82) is 0 Å². The number of carbonyl (C=O) groups excluding carboxylic acids is 1. The highest BCUT2D eigenvalue weighted by molar-refractivity contribution is 7.83.